The summed E-state index contributed by atoms with van der Waals surface area (Å²) in [5, 5.41) is 0.981. The molecule has 108 valence electrons. The van der Waals surface area contributed by atoms with Gasteiger partial charge in [-0.3, -0.25) is 4.79 Å². The van der Waals surface area contributed by atoms with Crippen LogP contribution >= 0.6 is 12.4 Å². The average Bonchev–Trinajstić information content (AvgIpc) is 2.69. The first-order valence-corrected chi connectivity index (χ1v) is 6.56. The molecule has 1 aliphatic heterocycles. The van der Waals surface area contributed by atoms with Crippen molar-refractivity contribution in [3.05, 3.63) is 39.2 Å². The van der Waals surface area contributed by atoms with Crippen LogP contribution in [0.25, 0.3) is 10.9 Å². The van der Waals surface area contributed by atoms with Crippen LogP contribution in [0.1, 0.15) is 29.5 Å². The Morgan fingerprint density at radius 1 is 1.30 bits per heavy atom. The Morgan fingerprint density at radius 2 is 2.00 bits per heavy atom. The first kappa shape index (κ1) is 14.9. The fourth-order valence-electron chi connectivity index (χ4n) is 2.83. The zero-order chi connectivity index (χ0) is 13.7. The minimum absolute atomic E-state index is 0. The number of pyridine rings is 1. The maximum absolute atomic E-state index is 11.8. The summed E-state index contributed by atoms with van der Waals surface area (Å²) in [5.41, 5.74) is 9.53. The molecule has 0 radical (unpaired) electrons. The van der Waals surface area contributed by atoms with Gasteiger partial charge in [0.25, 0.3) is 5.56 Å². The molecule has 5 heteroatoms. The fourth-order valence-corrected chi connectivity index (χ4v) is 2.83. The van der Waals surface area contributed by atoms with Gasteiger partial charge >= 0.3 is 0 Å². The Labute approximate surface area is 123 Å². The Hall–Kier alpha value is -1.52. The van der Waals surface area contributed by atoms with Gasteiger partial charge < -0.3 is 15.5 Å². The second-order valence-corrected chi connectivity index (χ2v) is 5.36. The number of aromatic nitrogens is 1. The molecular weight excluding hydrogens is 276 g/mol. The number of fused-ring (bicyclic) bond motifs is 3. The molecule has 0 fully saturated rings. The molecular formula is C15H19ClN2O2. The molecule has 0 bridgehead atoms. The molecule has 2 heterocycles. The number of nitrogens with one attached hydrogen (secondary N) is 1. The average molecular weight is 295 g/mol. The van der Waals surface area contributed by atoms with Crippen molar-refractivity contribution in [3.8, 4) is 5.75 Å². The molecule has 1 aromatic heterocycles. The number of H-pyrrole nitrogens is 1. The topological polar surface area (TPSA) is 68.1 Å². The number of nitrogens with two attached hydrogens (primary N) is 1. The highest BCUT2D eigenvalue weighted by Gasteiger charge is 2.32. The normalized spacial score (nSPS) is 20.4. The zero-order valence-corrected chi connectivity index (χ0v) is 12.6. The highest BCUT2D eigenvalue weighted by molar-refractivity contribution is 5.90. The van der Waals surface area contributed by atoms with Crippen molar-refractivity contribution in [1.29, 1.82) is 0 Å². The highest BCUT2D eigenvalue weighted by Crippen LogP contribution is 2.43. The van der Waals surface area contributed by atoms with E-state index in [1.165, 1.54) is 5.56 Å². The lowest BCUT2D eigenvalue weighted by atomic mass is 9.94. The van der Waals surface area contributed by atoms with Gasteiger partial charge in [0, 0.05) is 29.0 Å². The van der Waals surface area contributed by atoms with Crippen LogP contribution < -0.4 is 16.0 Å². The molecule has 0 spiro atoms. The van der Waals surface area contributed by atoms with Gasteiger partial charge in [-0.15, -0.1) is 12.4 Å². The van der Waals surface area contributed by atoms with Crippen LogP contribution in [0.3, 0.4) is 0 Å². The SMILES string of the molecule is Cc1cc2c3c(cc(C)c2[nH]c1=O)C(C)C(CN)O3.Cl. The van der Waals surface area contributed by atoms with Crippen LogP contribution in [0.5, 0.6) is 5.75 Å². The third-order valence-corrected chi connectivity index (χ3v) is 4.05. The van der Waals surface area contributed by atoms with E-state index in [1.54, 1.807) is 0 Å². The van der Waals surface area contributed by atoms with Gasteiger partial charge in [0.15, 0.2) is 0 Å². The number of ether oxygens (including phenoxy) is 1. The van der Waals surface area contributed by atoms with Gasteiger partial charge in [0.2, 0.25) is 0 Å². The smallest absolute Gasteiger partial charge is 0.251 e. The van der Waals surface area contributed by atoms with Crippen LogP contribution in [0.4, 0.5) is 0 Å². The molecule has 0 amide bonds. The van der Waals surface area contributed by atoms with Gasteiger partial charge in [-0.25, -0.2) is 0 Å². The van der Waals surface area contributed by atoms with Gasteiger partial charge in [-0.05, 0) is 31.5 Å². The minimum Gasteiger partial charge on any atom is -0.487 e. The number of aromatic amines is 1. The summed E-state index contributed by atoms with van der Waals surface area (Å²) >= 11 is 0. The standard InChI is InChI=1S/C15H18N2O2.ClH/c1-7-4-10-9(3)12(6-16)19-14(10)11-5-8(2)15(18)17-13(7)11;/h4-5,9,12H,6,16H2,1-3H3,(H,17,18);1H. The highest BCUT2D eigenvalue weighted by atomic mass is 35.5. The molecule has 20 heavy (non-hydrogen) atoms. The quantitative estimate of drug-likeness (QED) is 0.848. The largest absolute Gasteiger partial charge is 0.487 e. The van der Waals surface area contributed by atoms with E-state index in [1.807, 2.05) is 19.9 Å². The van der Waals surface area contributed by atoms with Crippen LogP contribution in [-0.2, 0) is 0 Å². The van der Waals surface area contributed by atoms with Crippen molar-refractivity contribution in [2.75, 3.05) is 6.54 Å². The van der Waals surface area contributed by atoms with Crippen molar-refractivity contribution in [3.63, 3.8) is 0 Å². The number of hydrogen-bond donors (Lipinski definition) is 2. The van der Waals surface area contributed by atoms with E-state index in [0.29, 0.717) is 12.1 Å². The molecule has 1 aromatic carbocycles. The zero-order valence-electron chi connectivity index (χ0n) is 11.8. The molecule has 0 saturated carbocycles. The molecule has 2 aromatic rings. The lowest BCUT2D eigenvalue weighted by Gasteiger charge is -2.11. The van der Waals surface area contributed by atoms with Crippen LogP contribution in [0.2, 0.25) is 0 Å². The van der Waals surface area contributed by atoms with Crippen LogP contribution in [0, 0.1) is 13.8 Å². The van der Waals surface area contributed by atoms with Crippen LogP contribution in [0.15, 0.2) is 16.9 Å². The molecule has 4 nitrogen and oxygen atoms in total. The van der Waals surface area contributed by atoms with E-state index in [9.17, 15) is 4.79 Å². The molecule has 3 N–H and O–H groups in total. The minimum atomic E-state index is -0.0445. The van der Waals surface area contributed by atoms with Gasteiger partial charge in [-0.2, -0.15) is 0 Å². The van der Waals surface area contributed by atoms with E-state index in [-0.39, 0.29) is 30.0 Å². The van der Waals surface area contributed by atoms with Crippen molar-refractivity contribution in [2.45, 2.75) is 32.8 Å². The van der Waals surface area contributed by atoms with Gasteiger partial charge in [-0.1, -0.05) is 6.92 Å². The second kappa shape index (κ2) is 5.11. The van der Waals surface area contributed by atoms with E-state index in [2.05, 4.69) is 18.0 Å². The lowest BCUT2D eigenvalue weighted by Crippen LogP contribution is -2.26. The Kier molecular flexibility index (Phi) is 3.80. The summed E-state index contributed by atoms with van der Waals surface area (Å²) in [7, 11) is 0. The Balaban J connectivity index is 0.00000147. The molecule has 0 saturated heterocycles. The monoisotopic (exact) mass is 294 g/mol. The third kappa shape index (κ3) is 2.00. The fraction of sp³-hybridized carbons (Fsp3) is 0.400. The number of halogens is 1. The maximum Gasteiger partial charge on any atom is 0.251 e. The van der Waals surface area contributed by atoms with Crippen molar-refractivity contribution >= 4 is 23.3 Å². The first-order chi connectivity index (χ1) is 9.02. The van der Waals surface area contributed by atoms with Crippen molar-refractivity contribution < 1.29 is 4.74 Å². The first-order valence-electron chi connectivity index (χ1n) is 6.56. The number of rotatable bonds is 1. The summed E-state index contributed by atoms with van der Waals surface area (Å²) in [6.07, 6.45) is 0.0206. The van der Waals surface area contributed by atoms with Gasteiger partial charge in [0.05, 0.1) is 5.52 Å². The summed E-state index contributed by atoms with van der Waals surface area (Å²) in [5.74, 6) is 1.17. The molecule has 3 rings (SSSR count). The third-order valence-electron chi connectivity index (χ3n) is 4.05. The number of aryl methyl sites for hydroxylation is 2. The van der Waals surface area contributed by atoms with Crippen molar-refractivity contribution in [1.82, 2.24) is 4.98 Å². The summed E-state index contributed by atoms with van der Waals surface area (Å²) in [4.78, 5) is 14.7. The summed E-state index contributed by atoms with van der Waals surface area (Å²) in [6, 6.07) is 4.01. The molecule has 2 atom stereocenters. The summed E-state index contributed by atoms with van der Waals surface area (Å²) < 4.78 is 5.98. The summed E-state index contributed by atoms with van der Waals surface area (Å²) in [6.45, 7) is 6.45. The number of hydrogen-bond acceptors (Lipinski definition) is 3. The predicted octanol–water partition coefficient (Wildman–Crippen LogP) is 2.39. The Morgan fingerprint density at radius 3 is 2.65 bits per heavy atom. The Bertz CT molecular complexity index is 724. The lowest BCUT2D eigenvalue weighted by molar-refractivity contribution is 0.221. The molecule has 0 aliphatic carbocycles. The molecule has 1 aliphatic rings. The van der Waals surface area contributed by atoms with E-state index in [4.69, 9.17) is 10.5 Å². The van der Waals surface area contributed by atoms with E-state index >= 15 is 0 Å². The second-order valence-electron chi connectivity index (χ2n) is 5.36. The van der Waals surface area contributed by atoms with E-state index in [0.717, 1.165) is 22.2 Å². The number of benzene rings is 1. The molecule has 2 unspecified atom stereocenters. The van der Waals surface area contributed by atoms with E-state index < -0.39 is 0 Å². The maximum atomic E-state index is 11.8. The van der Waals surface area contributed by atoms with Gasteiger partial charge in [0.1, 0.15) is 11.9 Å². The van der Waals surface area contributed by atoms with Crippen LogP contribution in [-0.4, -0.2) is 17.6 Å². The predicted molar refractivity (Wildman–Crippen MR) is 83.2 cm³/mol. The van der Waals surface area contributed by atoms with Crippen molar-refractivity contribution in [2.24, 2.45) is 5.73 Å².